The van der Waals surface area contributed by atoms with Crippen molar-refractivity contribution >= 4 is 35.1 Å². The third kappa shape index (κ3) is 7.65. The number of para-hydroxylation sites is 1. The summed E-state index contributed by atoms with van der Waals surface area (Å²) in [6, 6.07) is 20.5. The summed E-state index contributed by atoms with van der Waals surface area (Å²) in [4.78, 5) is 24.8. The molecule has 39 heavy (non-hydrogen) atoms. The van der Waals surface area contributed by atoms with Crippen LogP contribution in [0.2, 0.25) is 10.0 Å². The third-order valence-electron chi connectivity index (χ3n) is 5.58. The molecule has 10 heteroatoms. The van der Waals surface area contributed by atoms with Crippen LogP contribution in [0.4, 0.5) is 8.78 Å². The molecule has 0 unspecified atom stereocenters. The second kappa shape index (κ2) is 13.9. The van der Waals surface area contributed by atoms with Gasteiger partial charge in [0.1, 0.15) is 0 Å². The minimum Gasteiger partial charge on any atom is -0.466 e. The van der Waals surface area contributed by atoms with Crippen LogP contribution >= 0.6 is 23.2 Å². The van der Waals surface area contributed by atoms with Crippen molar-refractivity contribution in [2.45, 2.75) is 26.7 Å². The molecule has 1 N–H and O–H groups in total. The summed E-state index contributed by atoms with van der Waals surface area (Å²) in [6.45, 7) is 3.84. The average Bonchev–Trinajstić information content (AvgIpc) is 3.28. The number of benzene rings is 3. The van der Waals surface area contributed by atoms with Gasteiger partial charge in [0.05, 0.1) is 29.4 Å². The lowest BCUT2D eigenvalue weighted by molar-refractivity contribution is -0.142. The lowest BCUT2D eigenvalue weighted by Gasteiger charge is -2.11. The van der Waals surface area contributed by atoms with Crippen molar-refractivity contribution in [2.24, 2.45) is 0 Å². The standard InChI is InChI=1S/C21H19Cl2N3O3.C8H8F2/c1-3-29-18(27)12-15-19(21(28)24-2)25-26(17-7-5-4-6-16(17)23)20(15)13-8-10-14(22)11-9-13;1-6-2-4-7(5-3-6)8(9)10/h4-11H,3,12H2,1-2H3,(H,24,28);2-5,8H,1H3. The summed E-state index contributed by atoms with van der Waals surface area (Å²) >= 11 is 12.4. The van der Waals surface area contributed by atoms with Crippen molar-refractivity contribution in [2.75, 3.05) is 13.7 Å². The Morgan fingerprint density at radius 1 is 1.00 bits per heavy atom. The molecule has 1 heterocycles. The van der Waals surface area contributed by atoms with Crippen LogP contribution in [0.5, 0.6) is 0 Å². The number of nitrogens with one attached hydrogen (secondary N) is 1. The van der Waals surface area contributed by atoms with E-state index >= 15 is 0 Å². The largest absolute Gasteiger partial charge is 0.466 e. The van der Waals surface area contributed by atoms with Gasteiger partial charge in [-0.25, -0.2) is 13.5 Å². The maximum atomic E-state index is 12.5. The molecule has 0 fully saturated rings. The normalized spacial score (nSPS) is 10.6. The molecule has 0 aliphatic carbocycles. The van der Waals surface area contributed by atoms with Gasteiger partial charge in [0, 0.05) is 28.8 Å². The van der Waals surface area contributed by atoms with Gasteiger partial charge in [-0.2, -0.15) is 5.10 Å². The van der Waals surface area contributed by atoms with Gasteiger partial charge in [-0.05, 0) is 38.1 Å². The molecule has 0 bridgehead atoms. The molecule has 1 amide bonds. The molecular formula is C29H27Cl2F2N3O3. The van der Waals surface area contributed by atoms with E-state index in [1.165, 1.54) is 19.2 Å². The Bertz CT molecular complexity index is 1420. The predicted molar refractivity (Wildman–Crippen MR) is 149 cm³/mol. The van der Waals surface area contributed by atoms with E-state index < -0.39 is 18.3 Å². The smallest absolute Gasteiger partial charge is 0.310 e. The summed E-state index contributed by atoms with van der Waals surface area (Å²) in [7, 11) is 1.51. The number of aryl methyl sites for hydroxylation is 1. The number of carbonyl (C=O) groups excluding carboxylic acids is 2. The number of rotatable bonds is 7. The predicted octanol–water partition coefficient (Wildman–Crippen LogP) is 7.24. The van der Waals surface area contributed by atoms with E-state index in [2.05, 4.69) is 10.4 Å². The topological polar surface area (TPSA) is 73.2 Å². The number of aromatic nitrogens is 2. The molecule has 0 atom stereocenters. The molecule has 4 rings (SSSR count). The Balaban J connectivity index is 0.000000353. The lowest BCUT2D eigenvalue weighted by atomic mass is 10.0. The quantitative estimate of drug-likeness (QED) is 0.236. The van der Waals surface area contributed by atoms with E-state index in [-0.39, 0.29) is 24.3 Å². The Morgan fingerprint density at radius 2 is 1.64 bits per heavy atom. The minimum atomic E-state index is -2.35. The van der Waals surface area contributed by atoms with Gasteiger partial charge in [-0.1, -0.05) is 77.3 Å². The average molecular weight is 574 g/mol. The highest BCUT2D eigenvalue weighted by molar-refractivity contribution is 6.32. The Hall–Kier alpha value is -3.75. The Morgan fingerprint density at radius 3 is 2.21 bits per heavy atom. The number of ether oxygens (including phenoxy) is 1. The molecule has 0 saturated heterocycles. The SMILES string of the molecule is CCOC(=O)Cc1c(C(=O)NC)nn(-c2ccccc2Cl)c1-c1ccc(Cl)cc1.Cc1ccc(C(F)F)cc1. The zero-order valence-electron chi connectivity index (χ0n) is 21.6. The molecule has 0 aliphatic rings. The summed E-state index contributed by atoms with van der Waals surface area (Å²) in [5.41, 5.74) is 3.56. The number of esters is 1. The highest BCUT2D eigenvalue weighted by Gasteiger charge is 2.27. The van der Waals surface area contributed by atoms with Crippen LogP contribution in [0.15, 0.2) is 72.8 Å². The second-order valence-electron chi connectivity index (χ2n) is 8.32. The van der Waals surface area contributed by atoms with E-state index in [9.17, 15) is 18.4 Å². The fourth-order valence-electron chi connectivity index (χ4n) is 3.69. The highest BCUT2D eigenvalue weighted by Crippen LogP contribution is 2.33. The first kappa shape index (κ1) is 29.8. The zero-order valence-corrected chi connectivity index (χ0v) is 23.1. The van der Waals surface area contributed by atoms with Gasteiger partial charge in [0.25, 0.3) is 12.3 Å². The van der Waals surface area contributed by atoms with Crippen molar-refractivity contribution in [3.8, 4) is 16.9 Å². The summed E-state index contributed by atoms with van der Waals surface area (Å²) < 4.78 is 30.5. The van der Waals surface area contributed by atoms with E-state index in [1.54, 1.807) is 66.2 Å². The Kier molecular flexibility index (Phi) is 10.6. The van der Waals surface area contributed by atoms with E-state index in [1.807, 2.05) is 13.0 Å². The zero-order chi connectivity index (χ0) is 28.5. The molecule has 1 aromatic heterocycles. The summed E-state index contributed by atoms with van der Waals surface area (Å²) in [5.74, 6) is -0.864. The van der Waals surface area contributed by atoms with Gasteiger partial charge in [-0.3, -0.25) is 9.59 Å². The summed E-state index contributed by atoms with van der Waals surface area (Å²) in [6.07, 6.45) is -2.46. The molecule has 3 aromatic carbocycles. The fraction of sp³-hybridized carbons (Fsp3) is 0.207. The van der Waals surface area contributed by atoms with Crippen molar-refractivity contribution < 1.29 is 23.1 Å². The molecular weight excluding hydrogens is 547 g/mol. The van der Waals surface area contributed by atoms with Gasteiger partial charge in [0.2, 0.25) is 0 Å². The fourth-order valence-corrected chi connectivity index (χ4v) is 4.03. The van der Waals surface area contributed by atoms with Crippen LogP contribution in [0, 0.1) is 6.92 Å². The van der Waals surface area contributed by atoms with Crippen LogP contribution in [-0.4, -0.2) is 35.3 Å². The molecule has 0 spiro atoms. The van der Waals surface area contributed by atoms with Crippen molar-refractivity contribution in [1.82, 2.24) is 15.1 Å². The first-order valence-corrected chi connectivity index (χ1v) is 12.8. The molecule has 0 saturated carbocycles. The number of amides is 1. The third-order valence-corrected chi connectivity index (χ3v) is 6.15. The van der Waals surface area contributed by atoms with Gasteiger partial charge >= 0.3 is 5.97 Å². The van der Waals surface area contributed by atoms with Gasteiger partial charge in [0.15, 0.2) is 5.69 Å². The van der Waals surface area contributed by atoms with E-state index in [0.717, 1.165) is 11.1 Å². The highest BCUT2D eigenvalue weighted by atomic mass is 35.5. The number of nitrogens with zero attached hydrogens (tertiary/aromatic N) is 2. The molecule has 0 aliphatic heterocycles. The van der Waals surface area contributed by atoms with Crippen LogP contribution in [0.1, 0.15) is 40.5 Å². The number of carbonyl (C=O) groups is 2. The number of hydrogen-bond acceptors (Lipinski definition) is 4. The molecule has 204 valence electrons. The number of hydrogen-bond donors (Lipinski definition) is 1. The van der Waals surface area contributed by atoms with E-state index in [0.29, 0.717) is 27.0 Å². The minimum absolute atomic E-state index is 0.0885. The van der Waals surface area contributed by atoms with Crippen LogP contribution < -0.4 is 5.32 Å². The summed E-state index contributed by atoms with van der Waals surface area (Å²) in [5, 5.41) is 8.10. The molecule has 6 nitrogen and oxygen atoms in total. The maximum Gasteiger partial charge on any atom is 0.310 e. The first-order chi connectivity index (χ1) is 18.7. The van der Waals surface area contributed by atoms with Crippen LogP contribution in [0.25, 0.3) is 16.9 Å². The second-order valence-corrected chi connectivity index (χ2v) is 9.16. The lowest BCUT2D eigenvalue weighted by Crippen LogP contribution is -2.21. The van der Waals surface area contributed by atoms with E-state index in [4.69, 9.17) is 27.9 Å². The number of halogens is 4. The van der Waals surface area contributed by atoms with Crippen LogP contribution in [-0.2, 0) is 16.0 Å². The molecule has 0 radical (unpaired) electrons. The monoisotopic (exact) mass is 573 g/mol. The van der Waals surface area contributed by atoms with Gasteiger partial charge in [-0.15, -0.1) is 0 Å². The first-order valence-electron chi connectivity index (χ1n) is 12.0. The van der Waals surface area contributed by atoms with Crippen molar-refractivity contribution in [1.29, 1.82) is 0 Å². The molecule has 4 aromatic rings. The number of alkyl halides is 2. The van der Waals surface area contributed by atoms with Crippen molar-refractivity contribution in [3.63, 3.8) is 0 Å². The van der Waals surface area contributed by atoms with Gasteiger partial charge < -0.3 is 10.1 Å². The van der Waals surface area contributed by atoms with Crippen LogP contribution in [0.3, 0.4) is 0 Å². The Labute approximate surface area is 235 Å². The maximum absolute atomic E-state index is 12.5. The van der Waals surface area contributed by atoms with Crippen molar-refractivity contribution in [3.05, 3.63) is 105 Å².